The van der Waals surface area contributed by atoms with E-state index in [1.54, 1.807) is 33.8 Å². The molecule has 1 aliphatic heterocycles. The quantitative estimate of drug-likeness (QED) is 0.731. The first-order chi connectivity index (χ1) is 13.5. The fourth-order valence-electron chi connectivity index (χ4n) is 3.16. The van der Waals surface area contributed by atoms with E-state index in [1.165, 1.54) is 23.2 Å². The number of rotatable bonds is 4. The predicted molar refractivity (Wildman–Crippen MR) is 97.7 cm³/mol. The average Bonchev–Trinajstić information content (AvgIpc) is 3.37. The van der Waals surface area contributed by atoms with Crippen molar-refractivity contribution in [3.63, 3.8) is 0 Å². The number of hydrogen-bond donors (Lipinski definition) is 1. The highest BCUT2D eigenvalue weighted by atomic mass is 19.1. The Balaban J connectivity index is 1.74. The largest absolute Gasteiger partial charge is 0.367 e. The average molecular weight is 383 g/mol. The second-order valence-electron chi connectivity index (χ2n) is 6.37. The van der Waals surface area contributed by atoms with Crippen LogP contribution in [0, 0.1) is 5.82 Å². The first-order valence-corrected chi connectivity index (χ1v) is 8.72. The van der Waals surface area contributed by atoms with Crippen molar-refractivity contribution >= 4 is 11.8 Å². The molecular formula is C19H18FN5O3. The minimum Gasteiger partial charge on any atom is -0.367 e. The molecule has 1 unspecified atom stereocenters. The summed E-state index contributed by atoms with van der Waals surface area (Å²) in [4.78, 5) is 26.1. The number of hydrogen-bond acceptors (Lipinski definition) is 4. The van der Waals surface area contributed by atoms with E-state index in [0.717, 1.165) is 0 Å². The van der Waals surface area contributed by atoms with Crippen molar-refractivity contribution in [3.8, 4) is 11.5 Å². The van der Waals surface area contributed by atoms with Gasteiger partial charge in [0.05, 0.1) is 25.0 Å². The van der Waals surface area contributed by atoms with E-state index in [1.807, 2.05) is 12.1 Å². The maximum absolute atomic E-state index is 13.3. The molecule has 3 heterocycles. The van der Waals surface area contributed by atoms with Gasteiger partial charge in [0.2, 0.25) is 5.91 Å². The number of amides is 2. The number of primary amides is 1. The number of halogens is 1. The van der Waals surface area contributed by atoms with E-state index in [4.69, 9.17) is 10.5 Å². The number of ether oxygens (including phenoxy) is 1. The van der Waals surface area contributed by atoms with Crippen molar-refractivity contribution in [2.75, 3.05) is 19.7 Å². The molecule has 144 valence electrons. The third-order valence-electron chi connectivity index (χ3n) is 4.57. The number of carbonyl (C=O) groups is 2. The first kappa shape index (κ1) is 17.9. The van der Waals surface area contributed by atoms with Crippen LogP contribution in [0.5, 0.6) is 0 Å². The molecule has 9 heteroatoms. The van der Waals surface area contributed by atoms with Gasteiger partial charge in [0.25, 0.3) is 5.91 Å². The maximum atomic E-state index is 13.3. The van der Waals surface area contributed by atoms with Gasteiger partial charge in [0, 0.05) is 18.9 Å². The maximum Gasteiger partial charge on any atom is 0.259 e. The van der Waals surface area contributed by atoms with Crippen LogP contribution in [-0.4, -0.2) is 56.9 Å². The van der Waals surface area contributed by atoms with Crippen LogP contribution < -0.4 is 5.73 Å². The van der Waals surface area contributed by atoms with Crippen LogP contribution in [0.3, 0.4) is 0 Å². The topological polar surface area (TPSA) is 95.4 Å². The molecule has 1 atom stereocenters. The lowest BCUT2D eigenvalue weighted by molar-refractivity contribution is -0.133. The van der Waals surface area contributed by atoms with Crippen LogP contribution in [0.1, 0.15) is 10.4 Å². The Morgan fingerprint density at radius 1 is 1.18 bits per heavy atom. The molecule has 0 radical (unpaired) electrons. The van der Waals surface area contributed by atoms with Gasteiger partial charge in [-0.3, -0.25) is 9.59 Å². The minimum absolute atomic E-state index is 0.0843. The molecule has 3 aromatic rings. The van der Waals surface area contributed by atoms with Crippen molar-refractivity contribution in [2.45, 2.75) is 6.10 Å². The predicted octanol–water partition coefficient (Wildman–Crippen LogP) is 1.13. The summed E-state index contributed by atoms with van der Waals surface area (Å²) in [6, 6.07) is 9.49. The summed E-state index contributed by atoms with van der Waals surface area (Å²) in [6.45, 7) is 0.654. The van der Waals surface area contributed by atoms with E-state index >= 15 is 0 Å². The summed E-state index contributed by atoms with van der Waals surface area (Å²) >= 11 is 0. The molecule has 2 aromatic heterocycles. The van der Waals surface area contributed by atoms with Crippen molar-refractivity contribution in [1.82, 2.24) is 19.2 Å². The van der Waals surface area contributed by atoms with Gasteiger partial charge in [-0.1, -0.05) is 0 Å². The molecule has 1 aromatic carbocycles. The van der Waals surface area contributed by atoms with Gasteiger partial charge in [-0.05, 0) is 36.4 Å². The molecule has 2 amide bonds. The van der Waals surface area contributed by atoms with Gasteiger partial charge in [0.1, 0.15) is 11.4 Å². The third-order valence-corrected chi connectivity index (χ3v) is 4.57. The molecular weight excluding hydrogens is 365 g/mol. The van der Waals surface area contributed by atoms with Crippen LogP contribution in [-0.2, 0) is 9.53 Å². The summed E-state index contributed by atoms with van der Waals surface area (Å²) in [7, 11) is 0. The lowest BCUT2D eigenvalue weighted by Gasteiger charge is -2.31. The fourth-order valence-corrected chi connectivity index (χ4v) is 3.16. The van der Waals surface area contributed by atoms with E-state index in [0.29, 0.717) is 23.6 Å². The first-order valence-electron chi connectivity index (χ1n) is 8.72. The minimum atomic E-state index is -0.833. The molecule has 1 fully saturated rings. The molecule has 1 aliphatic rings. The Morgan fingerprint density at radius 3 is 2.57 bits per heavy atom. The van der Waals surface area contributed by atoms with E-state index < -0.39 is 12.0 Å². The van der Waals surface area contributed by atoms with Gasteiger partial charge in [-0.25, -0.2) is 9.07 Å². The monoisotopic (exact) mass is 383 g/mol. The molecule has 4 rings (SSSR count). The van der Waals surface area contributed by atoms with Crippen LogP contribution in [0.25, 0.3) is 11.5 Å². The Bertz CT molecular complexity index is 997. The van der Waals surface area contributed by atoms with Gasteiger partial charge in [-0.2, -0.15) is 5.10 Å². The fraction of sp³-hybridized carbons (Fsp3) is 0.211. The zero-order chi connectivity index (χ0) is 19.7. The molecule has 8 nitrogen and oxygen atoms in total. The van der Waals surface area contributed by atoms with Gasteiger partial charge < -0.3 is 19.9 Å². The Kier molecular flexibility index (Phi) is 4.66. The number of nitrogens with zero attached hydrogens (tertiary/aromatic N) is 4. The van der Waals surface area contributed by atoms with Gasteiger partial charge in [-0.15, -0.1) is 0 Å². The number of aromatic nitrogens is 3. The Hall–Kier alpha value is -3.46. The summed E-state index contributed by atoms with van der Waals surface area (Å²) < 4.78 is 22.0. The number of nitrogens with two attached hydrogens (primary N) is 1. The second kappa shape index (κ2) is 7.28. The van der Waals surface area contributed by atoms with Crippen LogP contribution in [0.4, 0.5) is 4.39 Å². The van der Waals surface area contributed by atoms with Crippen LogP contribution >= 0.6 is 0 Å². The van der Waals surface area contributed by atoms with Crippen molar-refractivity contribution < 1.29 is 18.7 Å². The van der Waals surface area contributed by atoms with Crippen LogP contribution in [0.2, 0.25) is 0 Å². The van der Waals surface area contributed by atoms with Crippen molar-refractivity contribution in [2.24, 2.45) is 5.73 Å². The van der Waals surface area contributed by atoms with Crippen molar-refractivity contribution in [1.29, 1.82) is 0 Å². The highest BCUT2D eigenvalue weighted by Crippen LogP contribution is 2.22. The van der Waals surface area contributed by atoms with Crippen molar-refractivity contribution in [3.05, 3.63) is 66.4 Å². The normalized spacial score (nSPS) is 16.9. The highest BCUT2D eigenvalue weighted by molar-refractivity contribution is 5.97. The summed E-state index contributed by atoms with van der Waals surface area (Å²) in [5, 5.41) is 4.35. The standard InChI is InChI=1S/C19H18FN5O3/c20-13-3-5-14(6-4-13)25-18(23-7-1-2-8-23)15(11-22-25)19(27)24-9-10-28-16(12-24)17(21)26/h1-8,11,16H,9-10,12H2,(H2,21,26). The smallest absolute Gasteiger partial charge is 0.259 e. The summed E-state index contributed by atoms with van der Waals surface area (Å²) in [5.41, 5.74) is 6.28. The van der Waals surface area contributed by atoms with Gasteiger partial charge >= 0.3 is 0 Å². The van der Waals surface area contributed by atoms with Crippen LogP contribution in [0.15, 0.2) is 55.0 Å². The molecule has 28 heavy (non-hydrogen) atoms. The third kappa shape index (κ3) is 3.27. The SMILES string of the molecule is NC(=O)C1CN(C(=O)c2cnn(-c3ccc(F)cc3)c2-n2cccc2)CCO1. The molecule has 0 saturated carbocycles. The Labute approximate surface area is 159 Å². The molecule has 0 aliphatic carbocycles. The number of morpholine rings is 1. The molecule has 2 N–H and O–H groups in total. The number of carbonyl (C=O) groups excluding carboxylic acids is 2. The summed E-state index contributed by atoms with van der Waals surface area (Å²) in [6.07, 6.45) is 4.22. The van der Waals surface area contributed by atoms with E-state index in [9.17, 15) is 14.0 Å². The zero-order valence-corrected chi connectivity index (χ0v) is 14.9. The highest BCUT2D eigenvalue weighted by Gasteiger charge is 2.31. The molecule has 0 bridgehead atoms. The van der Waals surface area contributed by atoms with E-state index in [-0.39, 0.29) is 24.9 Å². The lowest BCUT2D eigenvalue weighted by Crippen LogP contribution is -2.50. The second-order valence-corrected chi connectivity index (χ2v) is 6.37. The summed E-state index contributed by atoms with van der Waals surface area (Å²) in [5.74, 6) is -0.735. The number of benzene rings is 1. The van der Waals surface area contributed by atoms with Gasteiger partial charge in [0.15, 0.2) is 11.9 Å². The Morgan fingerprint density at radius 2 is 1.89 bits per heavy atom. The zero-order valence-electron chi connectivity index (χ0n) is 14.9. The molecule has 1 saturated heterocycles. The van der Waals surface area contributed by atoms with E-state index in [2.05, 4.69) is 5.10 Å². The lowest BCUT2D eigenvalue weighted by atomic mass is 10.2. The molecule has 0 spiro atoms.